The number of nitrogens with zero attached hydrogens (tertiary/aromatic N) is 2. The van der Waals surface area contributed by atoms with E-state index in [9.17, 15) is 14.4 Å². The molecule has 1 N–H and O–H groups in total. The Bertz CT molecular complexity index is 648. The average molecular weight is 342 g/mol. The molecule has 1 aromatic heterocycles. The van der Waals surface area contributed by atoms with Crippen molar-refractivity contribution < 1.29 is 9.59 Å². The molecule has 0 saturated carbocycles. The van der Waals surface area contributed by atoms with E-state index in [1.807, 2.05) is 13.8 Å². The molecule has 0 unspecified atom stereocenters. The fourth-order valence-electron chi connectivity index (χ4n) is 1.96. The monoisotopic (exact) mass is 341 g/mol. The van der Waals surface area contributed by atoms with E-state index in [0.717, 1.165) is 0 Å². The lowest BCUT2D eigenvalue weighted by Crippen LogP contribution is -2.36. The number of nitrogens with one attached hydrogen (secondary N) is 1. The molecular weight excluding hydrogens is 318 g/mol. The van der Waals surface area contributed by atoms with Crippen LogP contribution in [0.5, 0.6) is 0 Å². The number of anilines is 1. The second kappa shape index (κ2) is 7.64. The van der Waals surface area contributed by atoms with E-state index in [0.29, 0.717) is 18.7 Å². The van der Waals surface area contributed by atoms with Crippen LogP contribution in [0.2, 0.25) is 0 Å². The van der Waals surface area contributed by atoms with Crippen molar-refractivity contribution in [1.29, 1.82) is 0 Å². The van der Waals surface area contributed by atoms with E-state index < -0.39 is 5.41 Å². The number of rotatable bonds is 6. The van der Waals surface area contributed by atoms with Gasteiger partial charge in [-0.15, -0.1) is 11.6 Å². The maximum Gasteiger partial charge on any atom is 0.274 e. The van der Waals surface area contributed by atoms with Gasteiger partial charge in [-0.3, -0.25) is 14.4 Å². The molecule has 0 saturated heterocycles. The van der Waals surface area contributed by atoms with Crippen molar-refractivity contribution in [1.82, 2.24) is 9.47 Å². The van der Waals surface area contributed by atoms with Crippen LogP contribution in [0.25, 0.3) is 0 Å². The maximum absolute atomic E-state index is 12.4. The molecule has 0 radical (unpaired) electrons. The zero-order valence-electron chi connectivity index (χ0n) is 14.3. The fourth-order valence-corrected chi connectivity index (χ4v) is 2.09. The highest BCUT2D eigenvalue weighted by Crippen LogP contribution is 2.19. The van der Waals surface area contributed by atoms with Gasteiger partial charge in [-0.1, -0.05) is 0 Å². The molecule has 0 aliphatic rings. The van der Waals surface area contributed by atoms with Gasteiger partial charge < -0.3 is 14.8 Å². The number of halogens is 1. The van der Waals surface area contributed by atoms with Gasteiger partial charge in [-0.05, 0) is 33.8 Å². The first-order valence-electron chi connectivity index (χ1n) is 7.55. The largest absolute Gasteiger partial charge is 0.339 e. The minimum absolute atomic E-state index is 0.0775. The zero-order chi connectivity index (χ0) is 17.8. The van der Waals surface area contributed by atoms with Crippen molar-refractivity contribution in [3.63, 3.8) is 0 Å². The highest BCUT2D eigenvalue weighted by molar-refractivity contribution is 6.20. The number of amides is 2. The Balaban J connectivity index is 3.22. The van der Waals surface area contributed by atoms with E-state index in [1.165, 1.54) is 16.8 Å². The van der Waals surface area contributed by atoms with Crippen molar-refractivity contribution in [2.45, 2.75) is 27.7 Å². The quantitative estimate of drug-likeness (QED) is 0.805. The van der Waals surface area contributed by atoms with E-state index in [2.05, 4.69) is 5.32 Å². The molecule has 0 bridgehead atoms. The summed E-state index contributed by atoms with van der Waals surface area (Å²) < 4.78 is 1.29. The van der Waals surface area contributed by atoms with Crippen molar-refractivity contribution in [3.8, 4) is 0 Å². The Kier molecular flexibility index (Phi) is 6.38. The Morgan fingerprint density at radius 1 is 1.30 bits per heavy atom. The van der Waals surface area contributed by atoms with E-state index in [-0.39, 0.29) is 28.9 Å². The third kappa shape index (κ3) is 4.34. The summed E-state index contributed by atoms with van der Waals surface area (Å²) in [6.45, 7) is 8.28. The molecule has 1 aromatic rings. The second-order valence-electron chi connectivity index (χ2n) is 6.01. The predicted molar refractivity (Wildman–Crippen MR) is 92.1 cm³/mol. The van der Waals surface area contributed by atoms with Gasteiger partial charge in [0.25, 0.3) is 11.5 Å². The van der Waals surface area contributed by atoms with Crippen LogP contribution in [-0.4, -0.2) is 40.3 Å². The summed E-state index contributed by atoms with van der Waals surface area (Å²) >= 11 is 5.78. The standard InChI is InChI=1S/C16H24ClN3O3/c1-6-20(7-2)13(21)11-8-12(14(22)19(5)9-11)18-15(23)16(3,4)10-17/h8-9H,6-7,10H2,1-5H3,(H,18,23). The summed E-state index contributed by atoms with van der Waals surface area (Å²) in [5.74, 6) is -0.424. The smallest absolute Gasteiger partial charge is 0.274 e. The van der Waals surface area contributed by atoms with Crippen LogP contribution in [0, 0.1) is 5.41 Å². The Labute approximate surface area is 141 Å². The third-order valence-electron chi connectivity index (χ3n) is 3.68. The molecule has 6 nitrogen and oxygen atoms in total. The molecule has 0 aromatic carbocycles. The van der Waals surface area contributed by atoms with Crippen molar-refractivity contribution in [2.24, 2.45) is 12.5 Å². The summed E-state index contributed by atoms with van der Waals surface area (Å²) in [4.78, 5) is 38.5. The number of pyridine rings is 1. The third-order valence-corrected chi connectivity index (χ3v) is 4.35. The Hall–Kier alpha value is -1.82. The Morgan fingerprint density at radius 2 is 1.87 bits per heavy atom. The molecule has 23 heavy (non-hydrogen) atoms. The van der Waals surface area contributed by atoms with Crippen LogP contribution < -0.4 is 10.9 Å². The number of carbonyl (C=O) groups is 2. The molecule has 2 amide bonds. The first kappa shape index (κ1) is 19.2. The van der Waals surface area contributed by atoms with Crippen molar-refractivity contribution in [2.75, 3.05) is 24.3 Å². The van der Waals surface area contributed by atoms with Gasteiger partial charge in [-0.25, -0.2) is 0 Å². The molecule has 0 spiro atoms. The maximum atomic E-state index is 12.4. The average Bonchev–Trinajstić information content (AvgIpc) is 2.52. The highest BCUT2D eigenvalue weighted by atomic mass is 35.5. The molecule has 7 heteroatoms. The van der Waals surface area contributed by atoms with Crippen LogP contribution in [0.15, 0.2) is 17.1 Å². The van der Waals surface area contributed by atoms with Gasteiger partial charge in [0.2, 0.25) is 5.91 Å². The van der Waals surface area contributed by atoms with Gasteiger partial charge in [0, 0.05) is 32.2 Å². The fraction of sp³-hybridized carbons (Fsp3) is 0.562. The van der Waals surface area contributed by atoms with Gasteiger partial charge in [0.1, 0.15) is 5.69 Å². The number of aromatic nitrogens is 1. The van der Waals surface area contributed by atoms with Crippen molar-refractivity contribution in [3.05, 3.63) is 28.2 Å². The van der Waals surface area contributed by atoms with Gasteiger partial charge in [0.15, 0.2) is 0 Å². The zero-order valence-corrected chi connectivity index (χ0v) is 15.0. The van der Waals surface area contributed by atoms with E-state index in [1.54, 1.807) is 25.8 Å². The summed E-state index contributed by atoms with van der Waals surface area (Å²) in [5.41, 5.74) is -0.755. The Morgan fingerprint density at radius 3 is 2.35 bits per heavy atom. The minimum atomic E-state index is -0.814. The molecule has 0 aliphatic carbocycles. The molecular formula is C16H24ClN3O3. The summed E-state index contributed by atoms with van der Waals surface area (Å²) in [7, 11) is 1.55. The summed E-state index contributed by atoms with van der Waals surface area (Å²) in [6, 6.07) is 1.42. The number of aryl methyl sites for hydroxylation is 1. The van der Waals surface area contributed by atoms with Crippen LogP contribution >= 0.6 is 11.6 Å². The molecule has 1 rings (SSSR count). The van der Waals surface area contributed by atoms with E-state index >= 15 is 0 Å². The van der Waals surface area contributed by atoms with Crippen molar-refractivity contribution >= 4 is 29.1 Å². The van der Waals surface area contributed by atoms with Crippen LogP contribution in [0.1, 0.15) is 38.1 Å². The second-order valence-corrected chi connectivity index (χ2v) is 6.27. The van der Waals surface area contributed by atoms with Gasteiger partial charge in [-0.2, -0.15) is 0 Å². The molecule has 1 heterocycles. The molecule has 0 atom stereocenters. The topological polar surface area (TPSA) is 71.4 Å². The van der Waals surface area contributed by atoms with Crippen LogP contribution in [0.3, 0.4) is 0 Å². The van der Waals surface area contributed by atoms with E-state index in [4.69, 9.17) is 11.6 Å². The summed E-state index contributed by atoms with van der Waals surface area (Å²) in [6.07, 6.45) is 1.48. The molecule has 0 aliphatic heterocycles. The highest BCUT2D eigenvalue weighted by Gasteiger charge is 2.27. The normalized spacial score (nSPS) is 11.2. The SMILES string of the molecule is CCN(CC)C(=O)c1cc(NC(=O)C(C)(C)CCl)c(=O)n(C)c1. The number of alkyl halides is 1. The van der Waals surface area contributed by atoms with Crippen LogP contribution in [-0.2, 0) is 11.8 Å². The minimum Gasteiger partial charge on any atom is -0.339 e. The van der Waals surface area contributed by atoms with Gasteiger partial charge in [0.05, 0.1) is 11.0 Å². The van der Waals surface area contributed by atoms with Crippen LogP contribution in [0.4, 0.5) is 5.69 Å². The molecule has 0 fully saturated rings. The predicted octanol–water partition coefficient (Wildman–Crippen LogP) is 2.07. The molecule has 128 valence electrons. The lowest BCUT2D eigenvalue weighted by atomic mass is 9.95. The number of hydrogen-bond donors (Lipinski definition) is 1. The number of carbonyl (C=O) groups excluding carboxylic acids is 2. The first-order valence-corrected chi connectivity index (χ1v) is 8.08. The number of hydrogen-bond acceptors (Lipinski definition) is 3. The first-order chi connectivity index (χ1) is 10.7. The lowest BCUT2D eigenvalue weighted by Gasteiger charge is -2.22. The lowest BCUT2D eigenvalue weighted by molar-refractivity contribution is -0.122. The van der Waals surface area contributed by atoms with Gasteiger partial charge >= 0.3 is 0 Å². The summed E-state index contributed by atoms with van der Waals surface area (Å²) in [5, 5.41) is 2.59.